The highest BCUT2D eigenvalue weighted by Gasteiger charge is 2.09. The third-order valence-electron chi connectivity index (χ3n) is 2.41. The molecule has 0 spiro atoms. The summed E-state index contributed by atoms with van der Waals surface area (Å²) in [7, 11) is 0. The lowest BCUT2D eigenvalue weighted by atomic mass is 10.3. The van der Waals surface area contributed by atoms with E-state index < -0.39 is 0 Å². The van der Waals surface area contributed by atoms with Gasteiger partial charge in [-0.3, -0.25) is 9.59 Å². The zero-order valence-electron chi connectivity index (χ0n) is 11.5. The fraction of sp³-hybridized carbons (Fsp3) is 0.583. The lowest BCUT2D eigenvalue weighted by molar-refractivity contribution is -0.121. The van der Waals surface area contributed by atoms with Crippen molar-refractivity contribution in [2.24, 2.45) is 0 Å². The molecule has 112 valence electrons. The summed E-state index contributed by atoms with van der Waals surface area (Å²) in [6.45, 7) is 4.19. The van der Waals surface area contributed by atoms with E-state index in [9.17, 15) is 9.59 Å². The number of hydrogen-bond donors (Lipinski definition) is 3. The number of nitrogens with zero attached hydrogens (tertiary/aromatic N) is 2. The number of hydrogen-bond acceptors (Lipinski definition) is 5. The van der Waals surface area contributed by atoms with Crippen molar-refractivity contribution in [3.63, 3.8) is 0 Å². The van der Waals surface area contributed by atoms with Crippen LogP contribution < -0.4 is 16.2 Å². The molecule has 0 aliphatic rings. The van der Waals surface area contributed by atoms with Crippen LogP contribution in [0.4, 0.5) is 5.69 Å². The molecule has 0 aliphatic heterocycles. The van der Waals surface area contributed by atoms with Crippen molar-refractivity contribution in [1.29, 1.82) is 0 Å². The average Bonchev–Trinajstić information content (AvgIpc) is 2.37. The SMILES string of the molecule is CC(C)NC(=O)CCNc1cnn(CCO)c(=O)c1Br. The zero-order valence-corrected chi connectivity index (χ0v) is 13.1. The van der Waals surface area contributed by atoms with Crippen molar-refractivity contribution in [3.05, 3.63) is 21.0 Å². The number of carbonyl (C=O) groups is 1. The summed E-state index contributed by atoms with van der Waals surface area (Å²) >= 11 is 3.19. The molecule has 1 amide bonds. The lowest BCUT2D eigenvalue weighted by Crippen LogP contribution is -2.31. The van der Waals surface area contributed by atoms with Crippen LogP contribution in [0, 0.1) is 0 Å². The van der Waals surface area contributed by atoms with Gasteiger partial charge in [0.25, 0.3) is 5.56 Å². The molecule has 1 heterocycles. The van der Waals surface area contributed by atoms with E-state index in [1.54, 1.807) is 0 Å². The summed E-state index contributed by atoms with van der Waals surface area (Å²) in [5.41, 5.74) is 0.206. The maximum atomic E-state index is 11.8. The van der Waals surface area contributed by atoms with Gasteiger partial charge in [-0.05, 0) is 29.8 Å². The summed E-state index contributed by atoms with van der Waals surface area (Å²) < 4.78 is 1.51. The van der Waals surface area contributed by atoms with Crippen molar-refractivity contribution in [3.8, 4) is 0 Å². The van der Waals surface area contributed by atoms with Crippen molar-refractivity contribution < 1.29 is 9.90 Å². The molecule has 1 rings (SSSR count). The molecule has 0 radical (unpaired) electrons. The Balaban J connectivity index is 2.59. The molecule has 7 nitrogen and oxygen atoms in total. The molecular weight excluding hydrogens is 328 g/mol. The van der Waals surface area contributed by atoms with E-state index in [4.69, 9.17) is 5.11 Å². The molecule has 3 N–H and O–H groups in total. The predicted octanol–water partition coefficient (Wildman–Crippen LogP) is 0.325. The topological polar surface area (TPSA) is 96.2 Å². The lowest BCUT2D eigenvalue weighted by Gasteiger charge is -2.11. The van der Waals surface area contributed by atoms with E-state index in [0.29, 0.717) is 23.1 Å². The normalized spacial score (nSPS) is 10.7. The Morgan fingerprint density at radius 2 is 2.25 bits per heavy atom. The zero-order chi connectivity index (χ0) is 15.1. The van der Waals surface area contributed by atoms with E-state index in [0.717, 1.165) is 0 Å². The molecule has 1 aromatic rings. The van der Waals surface area contributed by atoms with Crippen molar-refractivity contribution in [1.82, 2.24) is 15.1 Å². The molecule has 0 fully saturated rings. The van der Waals surface area contributed by atoms with Gasteiger partial charge < -0.3 is 15.7 Å². The minimum absolute atomic E-state index is 0.0507. The quantitative estimate of drug-likeness (QED) is 0.660. The summed E-state index contributed by atoms with van der Waals surface area (Å²) in [6, 6.07) is 0.110. The highest BCUT2D eigenvalue weighted by atomic mass is 79.9. The Hall–Kier alpha value is -1.41. The number of nitrogens with one attached hydrogen (secondary N) is 2. The average molecular weight is 347 g/mol. The Bertz CT molecular complexity index is 516. The Morgan fingerprint density at radius 1 is 1.55 bits per heavy atom. The number of anilines is 1. The second kappa shape index (κ2) is 8.01. The van der Waals surface area contributed by atoms with Gasteiger partial charge in [0.15, 0.2) is 0 Å². The molecule has 0 unspecified atom stereocenters. The first kappa shape index (κ1) is 16.6. The van der Waals surface area contributed by atoms with Crippen molar-refractivity contribution in [2.45, 2.75) is 32.9 Å². The second-order valence-electron chi connectivity index (χ2n) is 4.52. The van der Waals surface area contributed by atoms with Crippen LogP contribution in [0.5, 0.6) is 0 Å². The van der Waals surface area contributed by atoms with Crippen molar-refractivity contribution >= 4 is 27.5 Å². The molecule has 8 heteroatoms. The second-order valence-corrected chi connectivity index (χ2v) is 5.32. The number of aromatic nitrogens is 2. The number of aliphatic hydroxyl groups is 1. The van der Waals surface area contributed by atoms with E-state index in [-0.39, 0.29) is 30.7 Å². The van der Waals surface area contributed by atoms with Gasteiger partial charge in [-0.15, -0.1) is 0 Å². The first-order valence-electron chi connectivity index (χ1n) is 6.35. The monoisotopic (exact) mass is 346 g/mol. The van der Waals surface area contributed by atoms with Crippen LogP contribution in [0.3, 0.4) is 0 Å². The minimum atomic E-state index is -0.323. The fourth-order valence-corrected chi connectivity index (χ4v) is 1.99. The van der Waals surface area contributed by atoms with Crippen LogP contribution in [-0.4, -0.2) is 40.0 Å². The van der Waals surface area contributed by atoms with Gasteiger partial charge in [0.1, 0.15) is 4.47 Å². The predicted molar refractivity (Wildman–Crippen MR) is 79.7 cm³/mol. The van der Waals surface area contributed by atoms with Gasteiger partial charge in [0, 0.05) is 19.0 Å². The fourth-order valence-electron chi connectivity index (χ4n) is 1.55. The molecule has 0 bridgehead atoms. The number of carbonyl (C=O) groups excluding carboxylic acids is 1. The summed E-state index contributed by atoms with van der Waals surface area (Å²) in [5.74, 6) is -0.0507. The molecule has 1 aromatic heterocycles. The van der Waals surface area contributed by atoms with Gasteiger partial charge in [0.2, 0.25) is 5.91 Å². The highest BCUT2D eigenvalue weighted by Crippen LogP contribution is 2.15. The van der Waals surface area contributed by atoms with Crippen LogP contribution in [0.1, 0.15) is 20.3 Å². The molecular formula is C12H19BrN4O3. The van der Waals surface area contributed by atoms with Gasteiger partial charge in [-0.2, -0.15) is 5.10 Å². The van der Waals surface area contributed by atoms with Gasteiger partial charge in [-0.25, -0.2) is 4.68 Å². The Morgan fingerprint density at radius 3 is 2.85 bits per heavy atom. The van der Waals surface area contributed by atoms with Crippen LogP contribution in [0.25, 0.3) is 0 Å². The molecule has 20 heavy (non-hydrogen) atoms. The van der Waals surface area contributed by atoms with Crippen LogP contribution in [0.15, 0.2) is 15.5 Å². The molecule has 0 aromatic carbocycles. The highest BCUT2D eigenvalue weighted by molar-refractivity contribution is 9.10. The third-order valence-corrected chi connectivity index (χ3v) is 3.18. The molecule has 0 saturated carbocycles. The summed E-state index contributed by atoms with van der Waals surface area (Å²) in [5, 5.41) is 18.5. The van der Waals surface area contributed by atoms with E-state index in [1.807, 2.05) is 13.8 Å². The maximum absolute atomic E-state index is 11.8. The van der Waals surface area contributed by atoms with Crippen molar-refractivity contribution in [2.75, 3.05) is 18.5 Å². The van der Waals surface area contributed by atoms with E-state index >= 15 is 0 Å². The van der Waals surface area contributed by atoms with E-state index in [2.05, 4.69) is 31.7 Å². The largest absolute Gasteiger partial charge is 0.394 e. The minimum Gasteiger partial charge on any atom is -0.394 e. The first-order valence-corrected chi connectivity index (χ1v) is 7.14. The first-order chi connectivity index (χ1) is 9.45. The van der Waals surface area contributed by atoms with Crippen LogP contribution >= 0.6 is 15.9 Å². The number of aliphatic hydroxyl groups excluding tert-OH is 1. The van der Waals surface area contributed by atoms with Crippen LogP contribution in [0.2, 0.25) is 0 Å². The van der Waals surface area contributed by atoms with Crippen LogP contribution in [-0.2, 0) is 11.3 Å². The molecule has 0 aliphatic carbocycles. The summed E-state index contributed by atoms with van der Waals surface area (Å²) in [6.07, 6.45) is 1.80. The van der Waals surface area contributed by atoms with E-state index in [1.165, 1.54) is 10.9 Å². The third kappa shape index (κ3) is 4.93. The van der Waals surface area contributed by atoms with Gasteiger partial charge in [0.05, 0.1) is 25.0 Å². The standard InChI is InChI=1S/C12H19BrN4O3/c1-8(2)16-10(19)3-4-14-9-7-15-17(5-6-18)12(20)11(9)13/h7-8,14,18H,3-6H2,1-2H3,(H,16,19). The smallest absolute Gasteiger partial charge is 0.283 e. The Kier molecular flexibility index (Phi) is 6.66. The maximum Gasteiger partial charge on any atom is 0.283 e. The number of rotatable bonds is 7. The summed E-state index contributed by atoms with van der Waals surface area (Å²) in [4.78, 5) is 23.3. The number of halogens is 1. The van der Waals surface area contributed by atoms with Gasteiger partial charge >= 0.3 is 0 Å². The van der Waals surface area contributed by atoms with Gasteiger partial charge in [-0.1, -0.05) is 0 Å². The Labute approximate surface area is 125 Å². The number of amides is 1. The molecule has 0 atom stereocenters. The molecule has 0 saturated heterocycles.